The summed E-state index contributed by atoms with van der Waals surface area (Å²) in [7, 11) is 0. The van der Waals surface area contributed by atoms with Crippen LogP contribution in [0.1, 0.15) is 37.0 Å². The van der Waals surface area contributed by atoms with E-state index in [1.165, 1.54) is 24.1 Å². The number of oxime groups is 1. The first-order chi connectivity index (χ1) is 8.36. The van der Waals surface area contributed by atoms with E-state index < -0.39 is 0 Å². The van der Waals surface area contributed by atoms with Crippen LogP contribution in [0.3, 0.4) is 0 Å². The molecule has 2 saturated heterocycles. The van der Waals surface area contributed by atoms with Gasteiger partial charge in [-0.3, -0.25) is 4.90 Å². The highest BCUT2D eigenvalue weighted by molar-refractivity contribution is 7.09. The fourth-order valence-corrected chi connectivity index (χ4v) is 3.92. The minimum absolute atomic E-state index is 0.593. The average molecular weight is 250 g/mol. The fourth-order valence-electron chi connectivity index (χ4n) is 3.21. The molecular formula is C13H18N2OS. The summed E-state index contributed by atoms with van der Waals surface area (Å²) in [5.41, 5.74) is 1.00. The van der Waals surface area contributed by atoms with E-state index in [9.17, 15) is 0 Å². The number of hydrogen-bond donors (Lipinski definition) is 1. The molecule has 0 radical (unpaired) electrons. The van der Waals surface area contributed by atoms with Crippen LogP contribution in [0.4, 0.5) is 0 Å². The Morgan fingerprint density at radius 1 is 1.35 bits per heavy atom. The summed E-state index contributed by atoms with van der Waals surface area (Å²) < 4.78 is 0. The fraction of sp³-hybridized carbons (Fsp3) is 0.615. The topological polar surface area (TPSA) is 35.8 Å². The van der Waals surface area contributed by atoms with E-state index in [4.69, 9.17) is 5.21 Å². The number of hydrogen-bond acceptors (Lipinski definition) is 4. The number of thiophene rings is 1. The number of nitrogens with zero attached hydrogens (tertiary/aromatic N) is 2. The maximum Gasteiger partial charge on any atom is 0.0601 e. The number of piperidine rings is 2. The first-order valence-electron chi connectivity index (χ1n) is 6.35. The summed E-state index contributed by atoms with van der Waals surface area (Å²) in [4.78, 5) is 4.08. The van der Waals surface area contributed by atoms with Crippen molar-refractivity contribution in [3.05, 3.63) is 22.4 Å². The van der Waals surface area contributed by atoms with Crippen LogP contribution in [0, 0.1) is 0 Å². The van der Waals surface area contributed by atoms with E-state index in [1.807, 2.05) is 11.3 Å². The van der Waals surface area contributed by atoms with Crippen molar-refractivity contribution in [3.8, 4) is 0 Å². The second-order valence-electron chi connectivity index (χ2n) is 5.06. The predicted octanol–water partition coefficient (Wildman–Crippen LogP) is 3.10. The van der Waals surface area contributed by atoms with Gasteiger partial charge in [0.25, 0.3) is 0 Å². The smallest absolute Gasteiger partial charge is 0.0601 e. The normalized spacial score (nSPS) is 29.3. The van der Waals surface area contributed by atoms with Gasteiger partial charge in [0.1, 0.15) is 0 Å². The van der Waals surface area contributed by atoms with Gasteiger partial charge in [-0.15, -0.1) is 11.3 Å². The third-order valence-electron chi connectivity index (χ3n) is 4.02. The monoisotopic (exact) mass is 250 g/mol. The molecule has 0 aromatic carbocycles. The highest BCUT2D eigenvalue weighted by atomic mass is 32.1. The van der Waals surface area contributed by atoms with Crippen molar-refractivity contribution < 1.29 is 5.21 Å². The molecule has 1 aromatic heterocycles. The van der Waals surface area contributed by atoms with E-state index in [-0.39, 0.29) is 0 Å². The Morgan fingerprint density at radius 3 is 2.71 bits per heavy atom. The molecule has 0 saturated carbocycles. The molecule has 1 N–H and O–H groups in total. The Balaban J connectivity index is 1.76. The largest absolute Gasteiger partial charge is 0.411 e. The van der Waals surface area contributed by atoms with Crippen molar-refractivity contribution in [2.45, 2.75) is 50.7 Å². The molecule has 17 heavy (non-hydrogen) atoms. The van der Waals surface area contributed by atoms with E-state index in [1.54, 1.807) is 0 Å². The molecule has 2 unspecified atom stereocenters. The average Bonchev–Trinajstić information content (AvgIpc) is 2.81. The lowest BCUT2D eigenvalue weighted by Gasteiger charge is -2.46. The van der Waals surface area contributed by atoms with Crippen LogP contribution in [-0.4, -0.2) is 27.9 Å². The van der Waals surface area contributed by atoms with Crippen molar-refractivity contribution >= 4 is 17.0 Å². The summed E-state index contributed by atoms with van der Waals surface area (Å²) in [5.74, 6) is 0. The molecule has 3 heterocycles. The van der Waals surface area contributed by atoms with Gasteiger partial charge in [-0.25, -0.2) is 0 Å². The summed E-state index contributed by atoms with van der Waals surface area (Å²) >= 11 is 1.84. The zero-order valence-electron chi connectivity index (χ0n) is 9.88. The third kappa shape index (κ3) is 2.24. The summed E-state index contributed by atoms with van der Waals surface area (Å²) in [5, 5.41) is 14.6. The summed E-state index contributed by atoms with van der Waals surface area (Å²) in [6.07, 6.45) is 5.74. The van der Waals surface area contributed by atoms with Crippen LogP contribution in [0.2, 0.25) is 0 Å². The van der Waals surface area contributed by atoms with Gasteiger partial charge in [-0.2, -0.15) is 0 Å². The van der Waals surface area contributed by atoms with Crippen molar-refractivity contribution in [2.75, 3.05) is 0 Å². The maximum atomic E-state index is 8.96. The molecule has 92 valence electrons. The Kier molecular flexibility index (Phi) is 3.16. The number of rotatable bonds is 2. The minimum atomic E-state index is 0.593. The van der Waals surface area contributed by atoms with E-state index in [0.717, 1.165) is 25.1 Å². The minimum Gasteiger partial charge on any atom is -0.411 e. The molecule has 2 fully saturated rings. The van der Waals surface area contributed by atoms with Crippen molar-refractivity contribution in [1.29, 1.82) is 0 Å². The molecule has 2 aliphatic heterocycles. The van der Waals surface area contributed by atoms with E-state index in [2.05, 4.69) is 27.6 Å². The second-order valence-corrected chi connectivity index (χ2v) is 6.10. The SMILES string of the molecule is ON=C1CC2CCCC(C1)N2Cc1cccs1. The Labute approximate surface area is 106 Å². The zero-order valence-corrected chi connectivity index (χ0v) is 10.7. The highest BCUT2D eigenvalue weighted by Gasteiger charge is 2.36. The first-order valence-corrected chi connectivity index (χ1v) is 7.22. The first kappa shape index (κ1) is 11.2. The van der Waals surface area contributed by atoms with Gasteiger partial charge in [0.15, 0.2) is 0 Å². The van der Waals surface area contributed by atoms with Crippen LogP contribution in [-0.2, 0) is 6.54 Å². The lowest BCUT2D eigenvalue weighted by molar-refractivity contribution is 0.0679. The molecule has 4 heteroatoms. The van der Waals surface area contributed by atoms with Crippen molar-refractivity contribution in [3.63, 3.8) is 0 Å². The van der Waals surface area contributed by atoms with Gasteiger partial charge in [0, 0.05) is 36.3 Å². The third-order valence-corrected chi connectivity index (χ3v) is 4.88. The maximum absolute atomic E-state index is 8.96. The summed E-state index contributed by atoms with van der Waals surface area (Å²) in [6.45, 7) is 1.08. The molecule has 3 rings (SSSR count). The van der Waals surface area contributed by atoms with Gasteiger partial charge in [-0.1, -0.05) is 17.6 Å². The molecule has 0 aliphatic carbocycles. The molecule has 0 amide bonds. The molecule has 2 aliphatic rings. The van der Waals surface area contributed by atoms with Crippen molar-refractivity contribution in [2.24, 2.45) is 5.16 Å². The van der Waals surface area contributed by atoms with Crippen LogP contribution in [0.25, 0.3) is 0 Å². The van der Waals surface area contributed by atoms with E-state index >= 15 is 0 Å². The highest BCUT2D eigenvalue weighted by Crippen LogP contribution is 2.34. The van der Waals surface area contributed by atoms with Crippen molar-refractivity contribution in [1.82, 2.24) is 4.90 Å². The van der Waals surface area contributed by atoms with Gasteiger partial charge < -0.3 is 5.21 Å². The predicted molar refractivity (Wildman–Crippen MR) is 69.7 cm³/mol. The van der Waals surface area contributed by atoms with Gasteiger partial charge in [0.05, 0.1) is 5.71 Å². The van der Waals surface area contributed by atoms with Gasteiger partial charge in [-0.05, 0) is 24.3 Å². The molecule has 2 atom stereocenters. The molecule has 1 aromatic rings. The lowest BCUT2D eigenvalue weighted by atomic mass is 9.83. The molecular weight excluding hydrogens is 232 g/mol. The van der Waals surface area contributed by atoms with Gasteiger partial charge in [0.2, 0.25) is 0 Å². The zero-order chi connectivity index (χ0) is 11.7. The Hall–Kier alpha value is -0.870. The van der Waals surface area contributed by atoms with Crippen LogP contribution in [0.15, 0.2) is 22.7 Å². The van der Waals surface area contributed by atoms with E-state index in [0.29, 0.717) is 12.1 Å². The van der Waals surface area contributed by atoms with Crippen LogP contribution in [0.5, 0.6) is 0 Å². The molecule has 0 spiro atoms. The Bertz CT molecular complexity index is 386. The number of fused-ring (bicyclic) bond motifs is 2. The quantitative estimate of drug-likeness (QED) is 0.646. The molecule has 2 bridgehead atoms. The molecule has 3 nitrogen and oxygen atoms in total. The second kappa shape index (κ2) is 4.78. The van der Waals surface area contributed by atoms with Crippen LogP contribution < -0.4 is 0 Å². The van der Waals surface area contributed by atoms with Crippen LogP contribution >= 0.6 is 11.3 Å². The van der Waals surface area contributed by atoms with Gasteiger partial charge >= 0.3 is 0 Å². The summed E-state index contributed by atoms with van der Waals surface area (Å²) in [6, 6.07) is 5.53. The standard InChI is InChI=1S/C13H18N2OS/c16-14-10-7-11-3-1-4-12(8-10)15(11)9-13-5-2-6-17-13/h2,5-6,11-12,16H,1,3-4,7-9H2. The Morgan fingerprint density at radius 2 is 2.12 bits per heavy atom. The lowest BCUT2D eigenvalue weighted by Crippen LogP contribution is -2.51.